The first-order valence-corrected chi connectivity index (χ1v) is 10.8. The number of nitriles is 1. The summed E-state index contributed by atoms with van der Waals surface area (Å²) in [6.45, 7) is 2.99. The van der Waals surface area contributed by atoms with E-state index in [0.717, 1.165) is 0 Å². The van der Waals surface area contributed by atoms with E-state index in [1.807, 2.05) is 0 Å². The van der Waals surface area contributed by atoms with Crippen molar-refractivity contribution in [2.24, 2.45) is 5.92 Å². The average molecular weight is 453 g/mol. The maximum Gasteiger partial charge on any atom is 0.309 e. The summed E-state index contributed by atoms with van der Waals surface area (Å²) in [6.07, 6.45) is 1.11. The molecule has 1 aromatic carbocycles. The van der Waals surface area contributed by atoms with Crippen LogP contribution in [0, 0.1) is 17.2 Å². The van der Waals surface area contributed by atoms with Gasteiger partial charge in [-0.05, 0) is 44.0 Å². The van der Waals surface area contributed by atoms with Gasteiger partial charge in [-0.25, -0.2) is 0 Å². The Bertz CT molecular complexity index is 1030. The fourth-order valence-corrected chi connectivity index (χ4v) is 3.59. The number of benzene rings is 1. The maximum atomic E-state index is 12.7. The van der Waals surface area contributed by atoms with E-state index in [1.54, 1.807) is 42.2 Å². The Kier molecular flexibility index (Phi) is 8.08. The van der Waals surface area contributed by atoms with Crippen LogP contribution in [-0.4, -0.2) is 60.9 Å². The molecule has 9 heteroatoms. The molecule has 2 amide bonds. The number of para-hydroxylation sites is 1. The number of likely N-dealkylation sites (tertiary alicyclic amines) is 1. The third-order valence-corrected chi connectivity index (χ3v) is 5.44. The fraction of sp³-hybridized carbons (Fsp3) is 0.417. The zero-order valence-corrected chi connectivity index (χ0v) is 18.8. The molecule has 9 nitrogen and oxygen atoms in total. The highest BCUT2D eigenvalue weighted by atomic mass is 16.5. The lowest BCUT2D eigenvalue weighted by Crippen LogP contribution is -2.45. The molecule has 0 radical (unpaired) electrons. The quantitative estimate of drug-likeness (QED) is 0.565. The van der Waals surface area contributed by atoms with Gasteiger partial charge in [0, 0.05) is 20.1 Å². The zero-order chi connectivity index (χ0) is 23.8. The first-order chi connectivity index (χ1) is 15.9. The van der Waals surface area contributed by atoms with Crippen LogP contribution in [0.4, 0.5) is 0 Å². The Morgan fingerprint density at radius 1 is 1.18 bits per heavy atom. The fourth-order valence-electron chi connectivity index (χ4n) is 3.59. The molecule has 33 heavy (non-hydrogen) atoms. The van der Waals surface area contributed by atoms with E-state index < -0.39 is 5.91 Å². The van der Waals surface area contributed by atoms with Crippen molar-refractivity contribution in [1.82, 2.24) is 9.80 Å². The molecule has 0 atom stereocenters. The van der Waals surface area contributed by atoms with Crippen LogP contribution >= 0.6 is 0 Å². The van der Waals surface area contributed by atoms with Gasteiger partial charge >= 0.3 is 5.97 Å². The van der Waals surface area contributed by atoms with Crippen LogP contribution in [0.25, 0.3) is 0 Å². The molecule has 0 saturated carbocycles. The van der Waals surface area contributed by atoms with E-state index in [0.29, 0.717) is 49.6 Å². The second-order valence-corrected chi connectivity index (χ2v) is 7.73. The average Bonchev–Trinajstić information content (AvgIpc) is 3.31. The third kappa shape index (κ3) is 6.13. The smallest absolute Gasteiger partial charge is 0.309 e. The van der Waals surface area contributed by atoms with Crippen molar-refractivity contribution >= 4 is 17.8 Å². The van der Waals surface area contributed by atoms with Crippen LogP contribution in [-0.2, 0) is 20.9 Å². The van der Waals surface area contributed by atoms with Gasteiger partial charge in [0.05, 0.1) is 24.6 Å². The third-order valence-electron chi connectivity index (χ3n) is 5.44. The van der Waals surface area contributed by atoms with Crippen LogP contribution in [0.15, 0.2) is 40.8 Å². The number of rotatable bonds is 8. The van der Waals surface area contributed by atoms with Gasteiger partial charge in [0.15, 0.2) is 5.76 Å². The number of ether oxygens (including phenoxy) is 2. The first kappa shape index (κ1) is 23.9. The van der Waals surface area contributed by atoms with Crippen molar-refractivity contribution in [3.05, 3.63) is 53.5 Å². The zero-order valence-electron chi connectivity index (χ0n) is 18.8. The minimum absolute atomic E-state index is 0.0596. The highest BCUT2D eigenvalue weighted by molar-refractivity contribution is 5.94. The van der Waals surface area contributed by atoms with Crippen molar-refractivity contribution in [2.75, 3.05) is 33.3 Å². The minimum Gasteiger partial charge on any atom is -0.484 e. The predicted octanol–water partition coefficient (Wildman–Crippen LogP) is 2.60. The molecule has 0 bridgehead atoms. The van der Waals surface area contributed by atoms with Crippen molar-refractivity contribution in [3.8, 4) is 11.8 Å². The number of amides is 2. The molecule has 0 unspecified atom stereocenters. The van der Waals surface area contributed by atoms with E-state index in [4.69, 9.17) is 19.2 Å². The minimum atomic E-state index is -0.423. The molecule has 0 spiro atoms. The van der Waals surface area contributed by atoms with Crippen LogP contribution in [0.3, 0.4) is 0 Å². The van der Waals surface area contributed by atoms with Crippen LogP contribution in [0.5, 0.6) is 5.75 Å². The molecule has 1 aliphatic heterocycles. The number of likely N-dealkylation sites (N-methyl/N-ethyl adjacent to an activating group) is 1. The van der Waals surface area contributed by atoms with Crippen molar-refractivity contribution in [3.63, 3.8) is 0 Å². The molecule has 3 rings (SSSR count). The summed E-state index contributed by atoms with van der Waals surface area (Å²) in [5.74, 6) is -0.0586. The van der Waals surface area contributed by atoms with E-state index in [2.05, 4.69) is 6.07 Å². The second kappa shape index (κ2) is 11.2. The number of hydrogen-bond donors (Lipinski definition) is 0. The Morgan fingerprint density at radius 3 is 2.61 bits per heavy atom. The molecular formula is C24H27N3O6. The maximum absolute atomic E-state index is 12.7. The highest BCUT2D eigenvalue weighted by Crippen LogP contribution is 2.20. The summed E-state index contributed by atoms with van der Waals surface area (Å²) in [5.41, 5.74) is 0.407. The van der Waals surface area contributed by atoms with Gasteiger partial charge < -0.3 is 23.7 Å². The molecule has 174 valence electrons. The summed E-state index contributed by atoms with van der Waals surface area (Å²) in [6, 6.07) is 12.0. The van der Waals surface area contributed by atoms with Gasteiger partial charge in [0.1, 0.15) is 24.2 Å². The van der Waals surface area contributed by atoms with Gasteiger partial charge in [-0.2, -0.15) is 5.26 Å². The Hall–Kier alpha value is -3.80. The van der Waals surface area contributed by atoms with E-state index in [9.17, 15) is 14.4 Å². The molecule has 1 aromatic heterocycles. The lowest BCUT2D eigenvalue weighted by atomic mass is 9.97. The summed E-state index contributed by atoms with van der Waals surface area (Å²) in [5, 5.41) is 9.12. The number of piperidine rings is 1. The lowest BCUT2D eigenvalue weighted by Gasteiger charge is -2.32. The standard InChI is InChI=1S/C24H27N3O6/c1-3-31-24(30)17-10-12-27(13-11-17)22(28)15-26(2)23(29)21-9-8-19(33-21)16-32-20-7-5-4-6-18(20)14-25/h4-9,17H,3,10-13,15-16H2,1-2H3. The molecule has 1 aliphatic rings. The monoisotopic (exact) mass is 453 g/mol. The number of nitrogens with zero attached hydrogens (tertiary/aromatic N) is 3. The second-order valence-electron chi connectivity index (χ2n) is 7.73. The normalized spacial score (nSPS) is 13.8. The summed E-state index contributed by atoms with van der Waals surface area (Å²) in [7, 11) is 1.54. The van der Waals surface area contributed by atoms with Gasteiger partial charge in [0.2, 0.25) is 5.91 Å². The van der Waals surface area contributed by atoms with Gasteiger partial charge in [-0.1, -0.05) is 12.1 Å². The van der Waals surface area contributed by atoms with Gasteiger partial charge in [0.25, 0.3) is 5.91 Å². The molecule has 1 fully saturated rings. The number of esters is 1. The van der Waals surface area contributed by atoms with Crippen LogP contribution < -0.4 is 4.74 Å². The topological polar surface area (TPSA) is 113 Å². The summed E-state index contributed by atoms with van der Waals surface area (Å²) >= 11 is 0. The van der Waals surface area contributed by atoms with E-state index in [1.165, 1.54) is 18.0 Å². The number of carbonyl (C=O) groups excluding carboxylic acids is 3. The predicted molar refractivity (Wildman–Crippen MR) is 117 cm³/mol. The van der Waals surface area contributed by atoms with Crippen molar-refractivity contribution in [2.45, 2.75) is 26.4 Å². The Balaban J connectivity index is 1.49. The number of hydrogen-bond acceptors (Lipinski definition) is 7. The molecule has 0 aliphatic carbocycles. The van der Waals surface area contributed by atoms with E-state index >= 15 is 0 Å². The van der Waals surface area contributed by atoms with Crippen molar-refractivity contribution in [1.29, 1.82) is 5.26 Å². The Labute approximate surface area is 192 Å². The van der Waals surface area contributed by atoms with Gasteiger partial charge in [-0.15, -0.1) is 0 Å². The summed E-state index contributed by atoms with van der Waals surface area (Å²) < 4.78 is 16.2. The summed E-state index contributed by atoms with van der Waals surface area (Å²) in [4.78, 5) is 40.1. The molecule has 0 N–H and O–H groups in total. The number of furan rings is 1. The molecule has 2 aromatic rings. The van der Waals surface area contributed by atoms with Gasteiger partial charge in [-0.3, -0.25) is 14.4 Å². The highest BCUT2D eigenvalue weighted by Gasteiger charge is 2.29. The van der Waals surface area contributed by atoms with Crippen molar-refractivity contribution < 1.29 is 28.3 Å². The lowest BCUT2D eigenvalue weighted by molar-refractivity contribution is -0.151. The molecule has 2 heterocycles. The Morgan fingerprint density at radius 2 is 1.91 bits per heavy atom. The largest absolute Gasteiger partial charge is 0.484 e. The van der Waals surface area contributed by atoms with Crippen LogP contribution in [0.2, 0.25) is 0 Å². The number of carbonyl (C=O) groups is 3. The first-order valence-electron chi connectivity index (χ1n) is 10.8. The van der Waals surface area contributed by atoms with Crippen LogP contribution in [0.1, 0.15) is 41.6 Å². The molecular weight excluding hydrogens is 426 g/mol. The van der Waals surface area contributed by atoms with E-state index in [-0.39, 0.29) is 36.7 Å². The SMILES string of the molecule is CCOC(=O)C1CCN(C(=O)CN(C)C(=O)c2ccc(COc3ccccc3C#N)o2)CC1. The molecule has 1 saturated heterocycles.